The smallest absolute Gasteiger partial charge is 0.320 e. The van der Waals surface area contributed by atoms with E-state index in [1.807, 2.05) is 23.0 Å². The van der Waals surface area contributed by atoms with Gasteiger partial charge in [-0.15, -0.1) is 0 Å². The van der Waals surface area contributed by atoms with Gasteiger partial charge in [-0.2, -0.15) is 0 Å². The largest absolute Gasteiger partial charge is 0.346 e. The first-order valence-corrected chi connectivity index (χ1v) is 13.2. The van der Waals surface area contributed by atoms with E-state index in [-0.39, 0.29) is 10.9 Å². The molecule has 2 aromatic heterocycles. The molecule has 0 saturated heterocycles. The molecule has 9 heteroatoms. The van der Waals surface area contributed by atoms with Crippen molar-refractivity contribution in [2.24, 2.45) is 5.14 Å². The highest BCUT2D eigenvalue weighted by Gasteiger charge is 2.28. The molecular weight excluding hydrogens is 450 g/mol. The van der Waals surface area contributed by atoms with E-state index in [0.29, 0.717) is 19.1 Å². The number of aromatic amines is 1. The number of rotatable bonds is 4. The molecule has 0 spiro atoms. The van der Waals surface area contributed by atoms with E-state index in [4.69, 9.17) is 5.14 Å². The summed E-state index contributed by atoms with van der Waals surface area (Å²) in [5.74, 6) is 0. The van der Waals surface area contributed by atoms with Gasteiger partial charge in [0.25, 0.3) is 0 Å². The lowest BCUT2D eigenvalue weighted by Crippen LogP contribution is -2.46. The number of benzene rings is 1. The van der Waals surface area contributed by atoms with E-state index in [2.05, 4.69) is 22.1 Å². The van der Waals surface area contributed by atoms with Crippen LogP contribution in [0.3, 0.4) is 0 Å². The third kappa shape index (κ3) is 4.33. The molecule has 0 radical (unpaired) electrons. The quantitative estimate of drug-likeness (QED) is 0.590. The highest BCUT2D eigenvalue weighted by Crippen LogP contribution is 2.32. The van der Waals surface area contributed by atoms with Gasteiger partial charge in [0, 0.05) is 55.1 Å². The van der Waals surface area contributed by atoms with Crippen LogP contribution in [0.1, 0.15) is 37.7 Å². The maximum atomic E-state index is 12.9. The van der Waals surface area contributed by atoms with E-state index in [9.17, 15) is 13.2 Å². The first-order valence-electron chi connectivity index (χ1n) is 11.6. The van der Waals surface area contributed by atoms with Crippen LogP contribution in [-0.4, -0.2) is 60.4 Å². The normalized spacial score (nSPS) is 17.2. The number of aromatic nitrogens is 2. The van der Waals surface area contributed by atoms with Crippen molar-refractivity contribution in [3.8, 4) is 11.1 Å². The Balaban J connectivity index is 1.37. The Morgan fingerprint density at radius 1 is 1.18 bits per heavy atom. The molecule has 3 N–H and O–H groups in total. The molecular formula is C25H29N5O3S. The zero-order valence-corrected chi connectivity index (χ0v) is 20.0. The Kier molecular flexibility index (Phi) is 5.91. The highest BCUT2D eigenvalue weighted by molar-refractivity contribution is 7.89. The van der Waals surface area contributed by atoms with Gasteiger partial charge in [-0.05, 0) is 48.6 Å². The number of hydrogen-bond acceptors (Lipinski definition) is 4. The van der Waals surface area contributed by atoms with Crippen LogP contribution >= 0.6 is 0 Å². The number of H-pyrrole nitrogens is 1. The average molecular weight is 480 g/mol. The molecule has 178 valence electrons. The monoisotopic (exact) mass is 479 g/mol. The Labute approximate surface area is 199 Å². The zero-order chi connectivity index (χ0) is 23.9. The van der Waals surface area contributed by atoms with Crippen molar-refractivity contribution < 1.29 is 13.2 Å². The van der Waals surface area contributed by atoms with Crippen LogP contribution in [0, 0.1) is 0 Å². The molecule has 1 saturated carbocycles. The van der Waals surface area contributed by atoms with Crippen molar-refractivity contribution in [3.63, 3.8) is 0 Å². The second-order valence-corrected chi connectivity index (χ2v) is 10.7. The lowest BCUT2D eigenvalue weighted by Gasteiger charge is -2.33. The summed E-state index contributed by atoms with van der Waals surface area (Å²) in [5, 5.41) is 6.21. The SMILES string of the molecule is CN(C(=O)N1CC=C(c2c[nH]c3ncc(-c4ccc(S(N)(=O)=O)cc4)cc23)CC1)C1CCCC1. The van der Waals surface area contributed by atoms with E-state index in [1.165, 1.54) is 30.5 Å². The number of primary sulfonamides is 1. The molecule has 1 aliphatic carbocycles. The lowest BCUT2D eigenvalue weighted by atomic mass is 9.98. The van der Waals surface area contributed by atoms with Crippen molar-refractivity contribution in [1.82, 2.24) is 19.8 Å². The Hall–Kier alpha value is -3.17. The van der Waals surface area contributed by atoms with Gasteiger partial charge >= 0.3 is 6.03 Å². The Bertz CT molecular complexity index is 1350. The summed E-state index contributed by atoms with van der Waals surface area (Å²) in [6, 6.07) is 9.03. The summed E-state index contributed by atoms with van der Waals surface area (Å²) in [4.78, 5) is 24.7. The summed E-state index contributed by atoms with van der Waals surface area (Å²) < 4.78 is 23.1. The third-order valence-corrected chi connectivity index (χ3v) is 7.98. The number of hydrogen-bond donors (Lipinski definition) is 2. The molecule has 3 aromatic rings. The van der Waals surface area contributed by atoms with Crippen molar-refractivity contribution in [2.45, 2.75) is 43.0 Å². The molecule has 2 aliphatic rings. The van der Waals surface area contributed by atoms with Crippen LogP contribution < -0.4 is 5.14 Å². The number of nitrogens with zero attached hydrogens (tertiary/aromatic N) is 3. The van der Waals surface area contributed by atoms with Crippen LogP contribution in [0.4, 0.5) is 4.79 Å². The number of pyridine rings is 1. The minimum Gasteiger partial charge on any atom is -0.346 e. The third-order valence-electron chi connectivity index (χ3n) is 7.05. The number of amides is 2. The molecule has 1 aliphatic heterocycles. The van der Waals surface area contributed by atoms with Crippen molar-refractivity contribution in [3.05, 3.63) is 54.4 Å². The van der Waals surface area contributed by atoms with Gasteiger partial charge in [0.15, 0.2) is 0 Å². The summed E-state index contributed by atoms with van der Waals surface area (Å²) in [6.07, 6.45) is 11.3. The van der Waals surface area contributed by atoms with Gasteiger partial charge in [-0.1, -0.05) is 31.1 Å². The molecule has 34 heavy (non-hydrogen) atoms. The molecule has 0 unspecified atom stereocenters. The van der Waals surface area contributed by atoms with Crippen LogP contribution in [0.25, 0.3) is 27.7 Å². The summed E-state index contributed by atoms with van der Waals surface area (Å²) in [5.41, 5.74) is 4.82. The number of fused-ring (bicyclic) bond motifs is 1. The predicted molar refractivity (Wildman–Crippen MR) is 132 cm³/mol. The van der Waals surface area contributed by atoms with Crippen LogP contribution in [0.15, 0.2) is 53.7 Å². The molecule has 5 rings (SSSR count). The second-order valence-electron chi connectivity index (χ2n) is 9.15. The van der Waals surface area contributed by atoms with E-state index in [1.54, 1.807) is 18.3 Å². The first kappa shape index (κ1) is 22.6. The van der Waals surface area contributed by atoms with Crippen molar-refractivity contribution in [1.29, 1.82) is 0 Å². The summed E-state index contributed by atoms with van der Waals surface area (Å²) >= 11 is 0. The Morgan fingerprint density at radius 3 is 2.56 bits per heavy atom. The number of sulfonamides is 1. The van der Waals surface area contributed by atoms with Crippen LogP contribution in [0.5, 0.6) is 0 Å². The van der Waals surface area contributed by atoms with Gasteiger partial charge < -0.3 is 14.8 Å². The number of nitrogens with two attached hydrogens (primary N) is 1. The van der Waals surface area contributed by atoms with Gasteiger partial charge in [0.1, 0.15) is 5.65 Å². The maximum Gasteiger partial charge on any atom is 0.320 e. The second kappa shape index (κ2) is 8.88. The lowest BCUT2D eigenvalue weighted by molar-refractivity contribution is 0.151. The summed E-state index contributed by atoms with van der Waals surface area (Å²) in [7, 11) is -1.80. The van der Waals surface area contributed by atoms with E-state index in [0.717, 1.165) is 47.0 Å². The number of carbonyl (C=O) groups excluding carboxylic acids is 1. The molecule has 0 atom stereocenters. The maximum absolute atomic E-state index is 12.9. The van der Waals surface area contributed by atoms with Crippen LogP contribution in [-0.2, 0) is 10.0 Å². The molecule has 1 fully saturated rings. The molecule has 0 bridgehead atoms. The van der Waals surface area contributed by atoms with Gasteiger partial charge in [0.05, 0.1) is 4.90 Å². The fourth-order valence-electron chi connectivity index (χ4n) is 5.02. The molecule has 2 amide bonds. The Morgan fingerprint density at radius 2 is 1.91 bits per heavy atom. The van der Waals surface area contributed by atoms with Crippen molar-refractivity contribution >= 4 is 32.7 Å². The fraction of sp³-hybridized carbons (Fsp3) is 0.360. The topological polar surface area (TPSA) is 112 Å². The fourth-order valence-corrected chi connectivity index (χ4v) is 5.54. The average Bonchev–Trinajstić information content (AvgIpc) is 3.53. The van der Waals surface area contributed by atoms with Crippen LogP contribution in [0.2, 0.25) is 0 Å². The number of carbonyl (C=O) groups is 1. The van der Waals surface area contributed by atoms with E-state index >= 15 is 0 Å². The standard InChI is InChI=1S/C25H29N5O3S/c1-29(20-4-2-3-5-20)25(31)30-12-10-18(11-13-30)23-16-28-24-22(23)14-19(15-27-24)17-6-8-21(9-7-17)34(26,32)33/h6-10,14-16,20H,2-5,11-13H2,1H3,(H,27,28)(H2,26,32,33). The van der Waals surface area contributed by atoms with E-state index < -0.39 is 10.0 Å². The summed E-state index contributed by atoms with van der Waals surface area (Å²) in [6.45, 7) is 1.29. The van der Waals surface area contributed by atoms with Gasteiger partial charge in [0.2, 0.25) is 10.0 Å². The zero-order valence-electron chi connectivity index (χ0n) is 19.2. The molecule has 3 heterocycles. The number of nitrogens with one attached hydrogen (secondary N) is 1. The van der Waals surface area contributed by atoms with Gasteiger partial charge in [-0.25, -0.2) is 23.3 Å². The highest BCUT2D eigenvalue weighted by atomic mass is 32.2. The predicted octanol–water partition coefficient (Wildman–Crippen LogP) is 3.96. The van der Waals surface area contributed by atoms with Gasteiger partial charge in [-0.3, -0.25) is 0 Å². The number of urea groups is 1. The molecule has 8 nitrogen and oxygen atoms in total. The minimum atomic E-state index is -3.73. The van der Waals surface area contributed by atoms with Crippen molar-refractivity contribution in [2.75, 3.05) is 20.1 Å². The first-order chi connectivity index (χ1) is 16.3. The molecule has 1 aromatic carbocycles. The minimum absolute atomic E-state index is 0.0812.